The second-order valence-electron chi connectivity index (χ2n) is 5.52. The number of aromatic nitrogens is 1. The highest BCUT2D eigenvalue weighted by Gasteiger charge is 2.13. The highest BCUT2D eigenvalue weighted by molar-refractivity contribution is 5.21. The van der Waals surface area contributed by atoms with Crippen LogP contribution < -0.4 is 0 Å². The quantitative estimate of drug-likeness (QED) is 0.781. The van der Waals surface area contributed by atoms with Crippen LogP contribution in [0.3, 0.4) is 0 Å². The summed E-state index contributed by atoms with van der Waals surface area (Å²) in [5, 5.41) is 18.4. The van der Waals surface area contributed by atoms with Crippen molar-refractivity contribution in [2.75, 3.05) is 39.8 Å². The maximum Gasteiger partial charge on any atom is 0.0853 e. The summed E-state index contributed by atoms with van der Waals surface area (Å²) in [6, 6.07) is 3.87. The third-order valence-corrected chi connectivity index (χ3v) is 3.85. The normalized spacial score (nSPS) is 17.6. The van der Waals surface area contributed by atoms with Crippen LogP contribution in [0.2, 0.25) is 0 Å². The first-order valence-corrected chi connectivity index (χ1v) is 7.32. The van der Waals surface area contributed by atoms with Gasteiger partial charge in [-0.1, -0.05) is 0 Å². The van der Waals surface area contributed by atoms with Gasteiger partial charge in [0, 0.05) is 26.2 Å². The maximum absolute atomic E-state index is 9.18. The molecular formula is C15H25N3O2. The van der Waals surface area contributed by atoms with Crippen molar-refractivity contribution in [3.05, 3.63) is 29.1 Å². The van der Waals surface area contributed by atoms with E-state index in [9.17, 15) is 10.2 Å². The van der Waals surface area contributed by atoms with E-state index in [2.05, 4.69) is 21.8 Å². The average Bonchev–Trinajstić information content (AvgIpc) is 2.49. The molecule has 5 nitrogen and oxygen atoms in total. The van der Waals surface area contributed by atoms with Crippen molar-refractivity contribution >= 4 is 0 Å². The first kappa shape index (κ1) is 15.4. The molecule has 1 fully saturated rings. The lowest BCUT2D eigenvalue weighted by atomic mass is 10.1. The van der Waals surface area contributed by atoms with E-state index >= 15 is 0 Å². The van der Waals surface area contributed by atoms with Crippen LogP contribution in [0.4, 0.5) is 0 Å². The molecule has 1 aliphatic heterocycles. The number of aryl methyl sites for hydroxylation is 1. The van der Waals surface area contributed by atoms with Gasteiger partial charge in [-0.15, -0.1) is 0 Å². The molecule has 1 saturated heterocycles. The summed E-state index contributed by atoms with van der Waals surface area (Å²) in [5.41, 5.74) is 2.44. The largest absolute Gasteiger partial charge is 0.390 e. The molecule has 2 N–H and O–H groups in total. The molecule has 0 aliphatic carbocycles. The van der Waals surface area contributed by atoms with Crippen LogP contribution >= 0.6 is 0 Å². The molecule has 0 spiro atoms. The highest BCUT2D eigenvalue weighted by atomic mass is 16.3. The molecule has 2 heterocycles. The Labute approximate surface area is 120 Å². The Hall–Kier alpha value is -1.01. The molecule has 1 aromatic heterocycles. The van der Waals surface area contributed by atoms with Crippen molar-refractivity contribution in [2.24, 2.45) is 0 Å². The summed E-state index contributed by atoms with van der Waals surface area (Å²) in [4.78, 5) is 9.02. The molecule has 0 radical (unpaired) electrons. The van der Waals surface area contributed by atoms with Crippen molar-refractivity contribution in [1.29, 1.82) is 0 Å². The van der Waals surface area contributed by atoms with Crippen molar-refractivity contribution < 1.29 is 10.2 Å². The van der Waals surface area contributed by atoms with E-state index in [1.165, 1.54) is 0 Å². The van der Waals surface area contributed by atoms with Crippen LogP contribution in [0.1, 0.15) is 23.4 Å². The Balaban J connectivity index is 1.81. The summed E-state index contributed by atoms with van der Waals surface area (Å²) in [6.45, 7) is 5.57. The molecule has 0 bridgehead atoms. The van der Waals surface area contributed by atoms with E-state index in [0.717, 1.165) is 51.1 Å². The van der Waals surface area contributed by atoms with E-state index < -0.39 is 0 Å². The van der Waals surface area contributed by atoms with Crippen LogP contribution in [-0.2, 0) is 19.6 Å². The Morgan fingerprint density at radius 3 is 2.20 bits per heavy atom. The van der Waals surface area contributed by atoms with Crippen LogP contribution in [0, 0.1) is 0 Å². The maximum atomic E-state index is 9.18. The second-order valence-corrected chi connectivity index (χ2v) is 5.52. The molecule has 2 rings (SSSR count). The molecule has 0 amide bonds. The zero-order valence-corrected chi connectivity index (χ0v) is 12.3. The van der Waals surface area contributed by atoms with Crippen molar-refractivity contribution in [1.82, 2.24) is 14.8 Å². The minimum absolute atomic E-state index is 0.0701. The fourth-order valence-corrected chi connectivity index (χ4v) is 2.60. The number of hydrogen-bond acceptors (Lipinski definition) is 5. The van der Waals surface area contributed by atoms with Crippen LogP contribution in [0.25, 0.3) is 0 Å². The third kappa shape index (κ3) is 4.52. The number of rotatable bonds is 6. The van der Waals surface area contributed by atoms with Crippen LogP contribution in [0.15, 0.2) is 12.1 Å². The lowest BCUT2D eigenvalue weighted by Gasteiger charge is -2.32. The summed E-state index contributed by atoms with van der Waals surface area (Å²) in [7, 11) is 2.17. The van der Waals surface area contributed by atoms with Gasteiger partial charge in [-0.3, -0.25) is 4.98 Å². The Bertz CT molecular complexity index is 395. The highest BCUT2D eigenvalue weighted by Crippen LogP contribution is 2.10. The average molecular weight is 279 g/mol. The summed E-state index contributed by atoms with van der Waals surface area (Å²) < 4.78 is 0. The van der Waals surface area contributed by atoms with Gasteiger partial charge in [0.2, 0.25) is 0 Å². The number of piperazine rings is 1. The first-order valence-electron chi connectivity index (χ1n) is 7.32. The van der Waals surface area contributed by atoms with Crippen molar-refractivity contribution in [3.63, 3.8) is 0 Å². The number of pyridine rings is 1. The summed E-state index contributed by atoms with van der Waals surface area (Å²) >= 11 is 0. The molecule has 0 atom stereocenters. The van der Waals surface area contributed by atoms with Gasteiger partial charge in [0.05, 0.1) is 24.6 Å². The number of aliphatic hydroxyl groups excluding tert-OH is 2. The topological polar surface area (TPSA) is 59.8 Å². The minimum atomic E-state index is -0.0701. The van der Waals surface area contributed by atoms with E-state index in [-0.39, 0.29) is 13.2 Å². The molecule has 0 aromatic carbocycles. The predicted octanol–water partition coefficient (Wildman–Crippen LogP) is 0.246. The molecule has 1 aromatic rings. The SMILES string of the molecule is CN1CCN(CCCc2cc(CO)nc(CO)c2)CC1. The second kappa shape index (κ2) is 7.69. The fraction of sp³-hybridized carbons (Fsp3) is 0.667. The smallest absolute Gasteiger partial charge is 0.0853 e. The first-order chi connectivity index (χ1) is 9.71. The fourth-order valence-electron chi connectivity index (χ4n) is 2.60. The van der Waals surface area contributed by atoms with Gasteiger partial charge in [-0.25, -0.2) is 0 Å². The van der Waals surface area contributed by atoms with Gasteiger partial charge < -0.3 is 20.0 Å². The van der Waals surface area contributed by atoms with Gasteiger partial charge in [0.1, 0.15) is 0 Å². The molecule has 0 unspecified atom stereocenters. The summed E-state index contributed by atoms with van der Waals surface area (Å²) in [5.74, 6) is 0. The summed E-state index contributed by atoms with van der Waals surface area (Å²) in [6.07, 6.45) is 2.07. The Kier molecular flexibility index (Phi) is 5.91. The molecule has 20 heavy (non-hydrogen) atoms. The number of aliphatic hydroxyl groups is 2. The number of likely N-dealkylation sites (N-methyl/N-ethyl adjacent to an activating group) is 1. The van der Waals surface area contributed by atoms with Gasteiger partial charge in [0.15, 0.2) is 0 Å². The van der Waals surface area contributed by atoms with Gasteiger partial charge in [-0.2, -0.15) is 0 Å². The Morgan fingerprint density at radius 1 is 1.05 bits per heavy atom. The predicted molar refractivity (Wildman–Crippen MR) is 78.3 cm³/mol. The zero-order chi connectivity index (χ0) is 14.4. The standard InChI is InChI=1S/C15H25N3O2/c1-17-5-7-18(8-6-17)4-2-3-13-9-14(11-19)16-15(10-13)12-20/h9-10,19-20H,2-8,11-12H2,1H3. The zero-order valence-electron chi connectivity index (χ0n) is 12.3. The monoisotopic (exact) mass is 279 g/mol. The molecule has 0 saturated carbocycles. The van der Waals surface area contributed by atoms with Crippen LogP contribution in [0.5, 0.6) is 0 Å². The number of nitrogens with zero attached hydrogens (tertiary/aromatic N) is 3. The number of hydrogen-bond donors (Lipinski definition) is 2. The lowest BCUT2D eigenvalue weighted by Crippen LogP contribution is -2.44. The van der Waals surface area contributed by atoms with Gasteiger partial charge >= 0.3 is 0 Å². The van der Waals surface area contributed by atoms with Crippen molar-refractivity contribution in [2.45, 2.75) is 26.1 Å². The van der Waals surface area contributed by atoms with Crippen molar-refractivity contribution in [3.8, 4) is 0 Å². The molecular weight excluding hydrogens is 254 g/mol. The Morgan fingerprint density at radius 2 is 1.65 bits per heavy atom. The van der Waals surface area contributed by atoms with E-state index in [0.29, 0.717) is 11.4 Å². The van der Waals surface area contributed by atoms with Crippen LogP contribution in [-0.4, -0.2) is 64.8 Å². The minimum Gasteiger partial charge on any atom is -0.390 e. The third-order valence-electron chi connectivity index (χ3n) is 3.85. The van der Waals surface area contributed by atoms with Gasteiger partial charge in [0.25, 0.3) is 0 Å². The molecule has 112 valence electrons. The lowest BCUT2D eigenvalue weighted by molar-refractivity contribution is 0.153. The van der Waals surface area contributed by atoms with Gasteiger partial charge in [-0.05, 0) is 44.1 Å². The van der Waals surface area contributed by atoms with E-state index in [4.69, 9.17) is 0 Å². The molecule has 1 aliphatic rings. The van der Waals surface area contributed by atoms with E-state index in [1.807, 2.05) is 12.1 Å². The molecule has 5 heteroatoms. The van der Waals surface area contributed by atoms with E-state index in [1.54, 1.807) is 0 Å².